The lowest BCUT2D eigenvalue weighted by Crippen LogP contribution is -2.48. The van der Waals surface area contributed by atoms with Crippen LogP contribution < -0.4 is 10.6 Å². The van der Waals surface area contributed by atoms with Crippen molar-refractivity contribution in [1.82, 2.24) is 10.2 Å². The molecule has 2 N–H and O–H groups in total. The highest BCUT2D eigenvalue weighted by Crippen LogP contribution is 2.56. The molecule has 4 aliphatic rings. The number of rotatable bonds is 3. The predicted molar refractivity (Wildman–Crippen MR) is 80.2 cm³/mol. The molecule has 1 heterocycles. The fourth-order valence-electron chi connectivity index (χ4n) is 5.28. The minimum absolute atomic E-state index is 0.497. The molecule has 1 aromatic rings. The summed E-state index contributed by atoms with van der Waals surface area (Å²) in [5.41, 5.74) is 5.61. The number of anilines is 2. The summed E-state index contributed by atoms with van der Waals surface area (Å²) in [7, 11) is 2.14. The number of nitrogens with two attached hydrogens (primary N) is 1. The van der Waals surface area contributed by atoms with Crippen molar-refractivity contribution in [3.8, 4) is 0 Å². The Morgan fingerprint density at radius 2 is 1.70 bits per heavy atom. The molecule has 0 spiro atoms. The molecule has 4 aliphatic carbocycles. The second-order valence-corrected chi connectivity index (χ2v) is 7.29. The number of hydrogen-bond acceptors (Lipinski definition) is 4. The summed E-state index contributed by atoms with van der Waals surface area (Å²) in [5.74, 6) is 6.36. The average Bonchev–Trinajstić information content (AvgIpc) is 2.42. The minimum atomic E-state index is 0.497. The zero-order valence-electron chi connectivity index (χ0n) is 12.2. The summed E-state index contributed by atoms with van der Waals surface area (Å²) in [6, 6.07) is 3.83. The molecule has 0 saturated heterocycles. The van der Waals surface area contributed by atoms with Gasteiger partial charge in [-0.05, 0) is 73.8 Å². The standard InChI is InChI=1S/C16H24N4/c1-20(16-3-2-15(17)18-19-16)9-14-12-5-10-4-11(7-12)8-13(14)6-10/h2-3,10-14H,4-9H2,1H3,(H2,17,18). The maximum atomic E-state index is 5.61. The molecule has 20 heavy (non-hydrogen) atoms. The average molecular weight is 272 g/mol. The molecule has 0 radical (unpaired) electrons. The molecule has 0 aromatic carbocycles. The molecule has 4 bridgehead atoms. The smallest absolute Gasteiger partial charge is 0.151 e. The van der Waals surface area contributed by atoms with Gasteiger partial charge in [-0.2, -0.15) is 0 Å². The van der Waals surface area contributed by atoms with E-state index in [1.807, 2.05) is 12.1 Å². The molecule has 1 aromatic heterocycles. The van der Waals surface area contributed by atoms with Crippen LogP contribution in [0.5, 0.6) is 0 Å². The van der Waals surface area contributed by atoms with Gasteiger partial charge in [0.2, 0.25) is 0 Å². The van der Waals surface area contributed by atoms with Gasteiger partial charge in [-0.3, -0.25) is 0 Å². The first-order chi connectivity index (χ1) is 9.69. The second kappa shape index (κ2) is 4.61. The topological polar surface area (TPSA) is 55.0 Å². The van der Waals surface area contributed by atoms with E-state index in [0.717, 1.165) is 42.0 Å². The van der Waals surface area contributed by atoms with Gasteiger partial charge in [-0.15, -0.1) is 10.2 Å². The van der Waals surface area contributed by atoms with E-state index in [2.05, 4.69) is 22.1 Å². The van der Waals surface area contributed by atoms with E-state index in [0.29, 0.717) is 5.82 Å². The highest BCUT2D eigenvalue weighted by Gasteiger charge is 2.48. The normalized spacial score (nSPS) is 38.1. The van der Waals surface area contributed by atoms with Crippen molar-refractivity contribution in [2.24, 2.45) is 29.6 Å². The quantitative estimate of drug-likeness (QED) is 0.919. The maximum absolute atomic E-state index is 5.61. The number of nitrogen functional groups attached to an aromatic ring is 1. The van der Waals surface area contributed by atoms with E-state index in [9.17, 15) is 0 Å². The van der Waals surface area contributed by atoms with Crippen molar-refractivity contribution in [2.75, 3.05) is 24.2 Å². The van der Waals surface area contributed by atoms with Crippen LogP contribution in [0, 0.1) is 29.6 Å². The lowest BCUT2D eigenvalue weighted by atomic mass is 9.52. The summed E-state index contributed by atoms with van der Waals surface area (Å²) < 4.78 is 0. The van der Waals surface area contributed by atoms with Crippen molar-refractivity contribution < 1.29 is 0 Å². The molecule has 0 atom stereocenters. The van der Waals surface area contributed by atoms with Crippen LogP contribution in [-0.2, 0) is 0 Å². The van der Waals surface area contributed by atoms with E-state index < -0.39 is 0 Å². The van der Waals surface area contributed by atoms with E-state index >= 15 is 0 Å². The zero-order chi connectivity index (χ0) is 13.7. The van der Waals surface area contributed by atoms with Crippen LogP contribution in [-0.4, -0.2) is 23.8 Å². The number of nitrogens with zero attached hydrogens (tertiary/aromatic N) is 3. The lowest BCUT2D eigenvalue weighted by molar-refractivity contribution is -0.0326. The summed E-state index contributed by atoms with van der Waals surface area (Å²) in [6.45, 7) is 1.13. The molecule has 0 amide bonds. The maximum Gasteiger partial charge on any atom is 0.151 e. The lowest BCUT2D eigenvalue weighted by Gasteiger charge is -2.55. The monoisotopic (exact) mass is 272 g/mol. The Bertz CT molecular complexity index is 456. The van der Waals surface area contributed by atoms with E-state index in [1.54, 1.807) is 0 Å². The van der Waals surface area contributed by atoms with Crippen LogP contribution in [0.15, 0.2) is 12.1 Å². The Hall–Kier alpha value is -1.32. The third-order valence-corrected chi connectivity index (χ3v) is 5.97. The predicted octanol–water partition coefficient (Wildman–Crippen LogP) is 2.57. The molecule has 4 saturated carbocycles. The molecular formula is C16H24N4. The van der Waals surface area contributed by atoms with Crippen LogP contribution in [0.3, 0.4) is 0 Å². The van der Waals surface area contributed by atoms with Crippen LogP contribution in [0.1, 0.15) is 32.1 Å². The Morgan fingerprint density at radius 1 is 1.05 bits per heavy atom. The fourth-order valence-corrected chi connectivity index (χ4v) is 5.28. The number of aromatic nitrogens is 2. The summed E-state index contributed by atoms with van der Waals surface area (Å²) >= 11 is 0. The van der Waals surface area contributed by atoms with Gasteiger partial charge in [0, 0.05) is 13.6 Å². The van der Waals surface area contributed by atoms with Crippen molar-refractivity contribution in [3.05, 3.63) is 12.1 Å². The summed E-state index contributed by atoms with van der Waals surface area (Å²) in [5, 5.41) is 8.18. The molecular weight excluding hydrogens is 248 g/mol. The zero-order valence-corrected chi connectivity index (χ0v) is 12.2. The minimum Gasteiger partial charge on any atom is -0.382 e. The van der Waals surface area contributed by atoms with E-state index in [4.69, 9.17) is 5.73 Å². The molecule has 0 aliphatic heterocycles. The van der Waals surface area contributed by atoms with Crippen LogP contribution in [0.4, 0.5) is 11.6 Å². The van der Waals surface area contributed by atoms with Gasteiger partial charge in [0.25, 0.3) is 0 Å². The molecule has 108 valence electrons. The fraction of sp³-hybridized carbons (Fsp3) is 0.750. The largest absolute Gasteiger partial charge is 0.382 e. The van der Waals surface area contributed by atoms with Gasteiger partial charge in [0.15, 0.2) is 5.82 Å². The van der Waals surface area contributed by atoms with Gasteiger partial charge >= 0.3 is 0 Å². The summed E-state index contributed by atoms with van der Waals surface area (Å²) in [4.78, 5) is 2.28. The highest BCUT2D eigenvalue weighted by molar-refractivity contribution is 5.40. The molecule has 5 rings (SSSR count). The van der Waals surface area contributed by atoms with E-state index in [1.165, 1.54) is 32.1 Å². The Labute approximate surface area is 120 Å². The first-order valence-electron chi connectivity index (χ1n) is 7.99. The van der Waals surface area contributed by atoms with Gasteiger partial charge in [-0.25, -0.2) is 0 Å². The van der Waals surface area contributed by atoms with Crippen molar-refractivity contribution in [2.45, 2.75) is 32.1 Å². The SMILES string of the molecule is CN(CC1C2CC3CC(C2)CC1C3)c1ccc(N)nn1. The van der Waals surface area contributed by atoms with Crippen LogP contribution in [0.2, 0.25) is 0 Å². The van der Waals surface area contributed by atoms with Crippen molar-refractivity contribution in [1.29, 1.82) is 0 Å². The Kier molecular flexibility index (Phi) is 2.86. The van der Waals surface area contributed by atoms with Crippen molar-refractivity contribution in [3.63, 3.8) is 0 Å². The van der Waals surface area contributed by atoms with Crippen LogP contribution >= 0.6 is 0 Å². The third-order valence-electron chi connectivity index (χ3n) is 5.97. The highest BCUT2D eigenvalue weighted by atomic mass is 15.3. The number of hydrogen-bond donors (Lipinski definition) is 1. The first kappa shape index (κ1) is 12.4. The third kappa shape index (κ3) is 2.05. The summed E-state index contributed by atoms with van der Waals surface area (Å²) in [6.07, 6.45) is 7.47. The van der Waals surface area contributed by atoms with E-state index in [-0.39, 0.29) is 0 Å². The molecule has 0 unspecified atom stereocenters. The molecule has 4 nitrogen and oxygen atoms in total. The Balaban J connectivity index is 1.47. The Morgan fingerprint density at radius 3 is 2.25 bits per heavy atom. The first-order valence-corrected chi connectivity index (χ1v) is 7.99. The molecule has 4 fully saturated rings. The van der Waals surface area contributed by atoms with Gasteiger partial charge in [0.05, 0.1) is 0 Å². The second-order valence-electron chi connectivity index (χ2n) is 7.29. The van der Waals surface area contributed by atoms with Gasteiger partial charge in [-0.1, -0.05) is 0 Å². The van der Waals surface area contributed by atoms with Crippen LogP contribution in [0.25, 0.3) is 0 Å². The van der Waals surface area contributed by atoms with Gasteiger partial charge < -0.3 is 10.6 Å². The molecule has 4 heteroatoms. The van der Waals surface area contributed by atoms with Crippen molar-refractivity contribution >= 4 is 11.6 Å². The van der Waals surface area contributed by atoms with Gasteiger partial charge in [0.1, 0.15) is 5.82 Å².